The quantitative estimate of drug-likeness (QED) is 0.778. The molecule has 0 aliphatic carbocycles. The first-order chi connectivity index (χ1) is 8.67. The molecule has 1 aromatic carbocycles. The maximum absolute atomic E-state index is 13.2. The number of benzene rings is 1. The van der Waals surface area contributed by atoms with E-state index in [0.717, 1.165) is 18.2 Å². The van der Waals surface area contributed by atoms with Gasteiger partial charge in [-0.25, -0.2) is 0 Å². The van der Waals surface area contributed by atoms with Gasteiger partial charge in [0.1, 0.15) is 5.41 Å². The van der Waals surface area contributed by atoms with E-state index in [-0.39, 0.29) is 18.5 Å². The smallest absolute Gasteiger partial charge is 0.315 e. The zero-order valence-corrected chi connectivity index (χ0v) is 9.70. The third-order valence-electron chi connectivity index (χ3n) is 3.44. The van der Waals surface area contributed by atoms with Crippen LogP contribution in [0, 0.1) is 0 Å². The summed E-state index contributed by atoms with van der Waals surface area (Å²) >= 11 is 0. The second-order valence-electron chi connectivity index (χ2n) is 4.59. The van der Waals surface area contributed by atoms with Gasteiger partial charge in [-0.05, 0) is 24.6 Å². The minimum Gasteiger partial charge on any atom is -0.315 e. The summed E-state index contributed by atoms with van der Waals surface area (Å²) < 4.78 is 77.4. The Balaban J connectivity index is 2.50. The van der Waals surface area contributed by atoms with Crippen LogP contribution in [0.25, 0.3) is 0 Å². The van der Waals surface area contributed by atoms with E-state index < -0.39 is 29.9 Å². The molecule has 1 aromatic rings. The lowest BCUT2D eigenvalue weighted by molar-refractivity contribution is -0.185. The Labute approximate surface area is 105 Å². The lowest BCUT2D eigenvalue weighted by Gasteiger charge is -2.31. The summed E-state index contributed by atoms with van der Waals surface area (Å²) in [5.41, 5.74) is -3.62. The SMILES string of the molecule is FC(F)(F)c1cccc([C@@]2(C(F)(F)F)CCNC2)c1. The average molecular weight is 283 g/mol. The molecular weight excluding hydrogens is 272 g/mol. The molecule has 0 radical (unpaired) electrons. The molecule has 1 heterocycles. The van der Waals surface area contributed by atoms with Crippen molar-refractivity contribution in [2.75, 3.05) is 13.1 Å². The standard InChI is InChI=1S/C12H11F6N/c13-11(14,15)9-3-1-2-8(6-9)10(12(16,17)18)4-5-19-7-10/h1-3,6,19H,4-5,7H2/t10-/m1/s1. The molecule has 2 rings (SSSR count). The van der Waals surface area contributed by atoms with Crippen molar-refractivity contribution in [2.24, 2.45) is 0 Å². The summed E-state index contributed by atoms with van der Waals surface area (Å²) in [6, 6.07) is 3.50. The zero-order valence-electron chi connectivity index (χ0n) is 9.70. The molecule has 0 bridgehead atoms. The molecule has 1 aliphatic rings. The molecule has 1 fully saturated rings. The molecule has 1 aliphatic heterocycles. The van der Waals surface area contributed by atoms with Crippen LogP contribution in [-0.2, 0) is 11.6 Å². The number of rotatable bonds is 1. The molecular formula is C12H11F6N. The maximum Gasteiger partial charge on any atom is 0.416 e. The van der Waals surface area contributed by atoms with Gasteiger partial charge in [-0.3, -0.25) is 0 Å². The minimum atomic E-state index is -4.64. The van der Waals surface area contributed by atoms with Gasteiger partial charge in [0.25, 0.3) is 0 Å². The highest BCUT2D eigenvalue weighted by molar-refractivity contribution is 5.34. The highest BCUT2D eigenvalue weighted by Gasteiger charge is 2.57. The van der Waals surface area contributed by atoms with Crippen LogP contribution >= 0.6 is 0 Å². The van der Waals surface area contributed by atoms with E-state index in [9.17, 15) is 26.3 Å². The third-order valence-corrected chi connectivity index (χ3v) is 3.44. The predicted molar refractivity (Wildman–Crippen MR) is 56.7 cm³/mol. The Morgan fingerprint density at radius 1 is 1.05 bits per heavy atom. The lowest BCUT2D eigenvalue weighted by atomic mass is 9.78. The highest BCUT2D eigenvalue weighted by atomic mass is 19.4. The number of alkyl halides is 6. The Bertz CT molecular complexity index is 456. The van der Waals surface area contributed by atoms with Gasteiger partial charge in [-0.2, -0.15) is 26.3 Å². The fourth-order valence-electron chi connectivity index (χ4n) is 2.34. The number of halogens is 6. The number of nitrogens with one attached hydrogen (secondary N) is 1. The first kappa shape index (κ1) is 14.2. The van der Waals surface area contributed by atoms with Gasteiger partial charge in [0.15, 0.2) is 0 Å². The van der Waals surface area contributed by atoms with Gasteiger partial charge in [0, 0.05) is 6.54 Å². The lowest BCUT2D eigenvalue weighted by Crippen LogP contribution is -2.44. The van der Waals surface area contributed by atoms with Crippen molar-refractivity contribution in [3.8, 4) is 0 Å². The van der Waals surface area contributed by atoms with E-state index in [1.54, 1.807) is 0 Å². The summed E-state index contributed by atoms with van der Waals surface area (Å²) in [4.78, 5) is 0. The van der Waals surface area contributed by atoms with E-state index in [0.29, 0.717) is 6.07 Å². The number of hydrogen-bond acceptors (Lipinski definition) is 1. The van der Waals surface area contributed by atoms with Crippen LogP contribution in [0.4, 0.5) is 26.3 Å². The molecule has 1 saturated heterocycles. The van der Waals surface area contributed by atoms with Crippen molar-refractivity contribution in [3.05, 3.63) is 35.4 Å². The van der Waals surface area contributed by atoms with Crippen molar-refractivity contribution < 1.29 is 26.3 Å². The molecule has 0 spiro atoms. The Morgan fingerprint density at radius 3 is 2.21 bits per heavy atom. The fraction of sp³-hybridized carbons (Fsp3) is 0.500. The van der Waals surface area contributed by atoms with Crippen molar-refractivity contribution in [1.29, 1.82) is 0 Å². The van der Waals surface area contributed by atoms with Crippen molar-refractivity contribution in [1.82, 2.24) is 5.32 Å². The molecule has 7 heteroatoms. The summed E-state index contributed by atoms with van der Waals surface area (Å²) in [5, 5.41) is 2.58. The summed E-state index contributed by atoms with van der Waals surface area (Å²) in [5.74, 6) is 0. The van der Waals surface area contributed by atoms with Crippen LogP contribution in [0.3, 0.4) is 0 Å². The van der Waals surface area contributed by atoms with Gasteiger partial charge in [-0.15, -0.1) is 0 Å². The number of hydrogen-bond donors (Lipinski definition) is 1. The van der Waals surface area contributed by atoms with E-state index in [1.165, 1.54) is 0 Å². The van der Waals surface area contributed by atoms with Gasteiger partial charge in [0.05, 0.1) is 5.56 Å². The molecule has 0 amide bonds. The Kier molecular flexibility index (Phi) is 3.28. The zero-order chi connectivity index (χ0) is 14.3. The molecule has 19 heavy (non-hydrogen) atoms. The van der Waals surface area contributed by atoms with Crippen molar-refractivity contribution >= 4 is 0 Å². The fourth-order valence-corrected chi connectivity index (χ4v) is 2.34. The van der Waals surface area contributed by atoms with Gasteiger partial charge < -0.3 is 5.32 Å². The van der Waals surface area contributed by atoms with E-state index in [1.807, 2.05) is 0 Å². The molecule has 1 N–H and O–H groups in total. The van der Waals surface area contributed by atoms with Crippen LogP contribution in [-0.4, -0.2) is 19.3 Å². The van der Waals surface area contributed by atoms with Crippen LogP contribution in [0.1, 0.15) is 17.5 Å². The van der Waals surface area contributed by atoms with Crippen LogP contribution in [0.15, 0.2) is 24.3 Å². The van der Waals surface area contributed by atoms with E-state index in [2.05, 4.69) is 5.32 Å². The molecule has 0 saturated carbocycles. The summed E-state index contributed by atoms with van der Waals surface area (Å²) in [6.45, 7) is -0.256. The van der Waals surface area contributed by atoms with Gasteiger partial charge >= 0.3 is 12.4 Å². The molecule has 0 aromatic heterocycles. The second kappa shape index (κ2) is 4.40. The second-order valence-corrected chi connectivity index (χ2v) is 4.59. The predicted octanol–water partition coefficient (Wildman–Crippen LogP) is 3.50. The van der Waals surface area contributed by atoms with Crippen LogP contribution in [0.2, 0.25) is 0 Å². The Morgan fingerprint density at radius 2 is 1.74 bits per heavy atom. The van der Waals surface area contributed by atoms with Gasteiger partial charge in [0.2, 0.25) is 0 Å². The molecule has 0 unspecified atom stereocenters. The average Bonchev–Trinajstić information content (AvgIpc) is 2.77. The maximum atomic E-state index is 13.2. The first-order valence-electron chi connectivity index (χ1n) is 5.62. The molecule has 106 valence electrons. The largest absolute Gasteiger partial charge is 0.416 e. The van der Waals surface area contributed by atoms with Crippen LogP contribution in [0.5, 0.6) is 0 Å². The normalized spacial score (nSPS) is 24.7. The molecule has 1 atom stereocenters. The van der Waals surface area contributed by atoms with Crippen LogP contribution < -0.4 is 5.32 Å². The monoisotopic (exact) mass is 283 g/mol. The van der Waals surface area contributed by atoms with Crippen molar-refractivity contribution in [3.63, 3.8) is 0 Å². The third kappa shape index (κ3) is 2.43. The van der Waals surface area contributed by atoms with E-state index >= 15 is 0 Å². The topological polar surface area (TPSA) is 12.0 Å². The highest BCUT2D eigenvalue weighted by Crippen LogP contribution is 2.46. The first-order valence-corrected chi connectivity index (χ1v) is 5.62. The van der Waals surface area contributed by atoms with E-state index in [4.69, 9.17) is 0 Å². The summed E-state index contributed by atoms with van der Waals surface area (Å²) in [7, 11) is 0. The minimum absolute atomic E-state index is 0.135. The Hall–Kier alpha value is -1.24. The van der Waals surface area contributed by atoms with Crippen molar-refractivity contribution in [2.45, 2.75) is 24.2 Å². The summed E-state index contributed by atoms with van der Waals surface area (Å²) in [6.07, 6.45) is -9.48. The van der Waals surface area contributed by atoms with Gasteiger partial charge in [-0.1, -0.05) is 18.2 Å². The molecule has 1 nitrogen and oxygen atoms in total.